The van der Waals surface area contributed by atoms with Crippen molar-refractivity contribution in [2.24, 2.45) is 0 Å². The Morgan fingerprint density at radius 1 is 1.19 bits per heavy atom. The van der Waals surface area contributed by atoms with E-state index < -0.39 is 35.3 Å². The number of anilines is 2. The highest BCUT2D eigenvalue weighted by molar-refractivity contribution is 9.10. The number of fused-ring (bicyclic) bond motifs is 1. The van der Waals surface area contributed by atoms with Crippen LogP contribution >= 0.6 is 15.9 Å². The Labute approximate surface area is 153 Å². The first-order chi connectivity index (χ1) is 12.1. The smallest absolute Gasteiger partial charge is 0.326 e. The van der Waals surface area contributed by atoms with Crippen molar-refractivity contribution >= 4 is 39.1 Å². The minimum atomic E-state index is -4.59. The first-order valence-electron chi connectivity index (χ1n) is 7.42. The van der Waals surface area contributed by atoms with Crippen molar-refractivity contribution in [3.8, 4) is 0 Å². The van der Waals surface area contributed by atoms with Crippen molar-refractivity contribution in [2.75, 3.05) is 10.6 Å². The van der Waals surface area contributed by atoms with Gasteiger partial charge in [0.15, 0.2) is 0 Å². The summed E-state index contributed by atoms with van der Waals surface area (Å²) in [5.74, 6) is -2.64. The van der Waals surface area contributed by atoms with Crippen LogP contribution in [0, 0.1) is 5.82 Å². The van der Waals surface area contributed by atoms with Gasteiger partial charge in [0.1, 0.15) is 5.82 Å². The van der Waals surface area contributed by atoms with E-state index in [1.807, 2.05) is 0 Å². The molecule has 1 aliphatic heterocycles. The van der Waals surface area contributed by atoms with Gasteiger partial charge in [-0.25, -0.2) is 4.39 Å². The largest absolute Gasteiger partial charge is 0.417 e. The molecule has 1 aliphatic rings. The molecule has 4 nitrogen and oxygen atoms in total. The van der Waals surface area contributed by atoms with Crippen LogP contribution in [0.4, 0.5) is 28.9 Å². The predicted molar refractivity (Wildman–Crippen MR) is 90.2 cm³/mol. The summed E-state index contributed by atoms with van der Waals surface area (Å²) < 4.78 is 52.1. The first-order valence-corrected chi connectivity index (χ1v) is 8.21. The van der Waals surface area contributed by atoms with E-state index in [-0.39, 0.29) is 22.3 Å². The van der Waals surface area contributed by atoms with Crippen molar-refractivity contribution in [1.82, 2.24) is 0 Å². The fraction of sp³-hybridized carbons (Fsp3) is 0.176. The molecular weight excluding hydrogens is 420 g/mol. The maximum Gasteiger partial charge on any atom is 0.417 e. The average molecular weight is 431 g/mol. The topological polar surface area (TPSA) is 58.2 Å². The lowest BCUT2D eigenvalue weighted by Crippen LogP contribution is -2.31. The zero-order valence-electron chi connectivity index (χ0n) is 13.0. The third-order valence-corrected chi connectivity index (χ3v) is 4.60. The van der Waals surface area contributed by atoms with Gasteiger partial charge in [0, 0.05) is 22.3 Å². The van der Waals surface area contributed by atoms with Crippen LogP contribution in [0.3, 0.4) is 0 Å². The van der Waals surface area contributed by atoms with E-state index in [0.717, 1.165) is 18.2 Å². The number of carbonyl (C=O) groups excluding carboxylic acids is 2. The Morgan fingerprint density at radius 3 is 2.62 bits per heavy atom. The van der Waals surface area contributed by atoms with Crippen molar-refractivity contribution < 1.29 is 27.2 Å². The summed E-state index contributed by atoms with van der Waals surface area (Å²) in [6.07, 6.45) is -4.78. The summed E-state index contributed by atoms with van der Waals surface area (Å²) in [6.45, 7) is 0. The molecule has 26 heavy (non-hydrogen) atoms. The number of benzene rings is 2. The molecule has 0 bridgehead atoms. The first kappa shape index (κ1) is 18.4. The lowest BCUT2D eigenvalue weighted by molar-refractivity contribution is -0.138. The van der Waals surface area contributed by atoms with E-state index in [9.17, 15) is 27.2 Å². The van der Waals surface area contributed by atoms with E-state index >= 15 is 0 Å². The predicted octanol–water partition coefficient (Wildman–Crippen LogP) is 4.67. The van der Waals surface area contributed by atoms with E-state index in [0.29, 0.717) is 5.56 Å². The fourth-order valence-electron chi connectivity index (χ4n) is 2.72. The number of nitrogens with one attached hydrogen (secondary N) is 2. The van der Waals surface area contributed by atoms with Crippen molar-refractivity contribution in [2.45, 2.75) is 18.5 Å². The van der Waals surface area contributed by atoms with Gasteiger partial charge in [-0.3, -0.25) is 9.59 Å². The second-order valence-electron chi connectivity index (χ2n) is 5.72. The molecular formula is C17H11BrF4N2O2. The monoisotopic (exact) mass is 430 g/mol. The standard InChI is InChI=1S/C17H11BrF4N2O2/c18-13-4-2-9(6-12(13)17(20,21)22)23-16(26)11-7-15(25)24-14-5-8(19)1-3-10(11)14/h1-6,11H,7H2,(H,23,26)(H,24,25). The second kappa shape index (κ2) is 6.71. The van der Waals surface area contributed by atoms with Crippen LogP contribution in [0.2, 0.25) is 0 Å². The number of halogens is 5. The molecule has 0 saturated carbocycles. The molecule has 9 heteroatoms. The van der Waals surface area contributed by atoms with Crippen LogP contribution in [0.15, 0.2) is 40.9 Å². The highest BCUT2D eigenvalue weighted by Gasteiger charge is 2.34. The van der Waals surface area contributed by atoms with Gasteiger partial charge in [-0.2, -0.15) is 13.2 Å². The van der Waals surface area contributed by atoms with Crippen molar-refractivity contribution in [1.29, 1.82) is 0 Å². The van der Waals surface area contributed by atoms with Crippen LogP contribution in [0.5, 0.6) is 0 Å². The second-order valence-corrected chi connectivity index (χ2v) is 6.57. The number of hydrogen-bond acceptors (Lipinski definition) is 2. The summed E-state index contributed by atoms with van der Waals surface area (Å²) in [6, 6.07) is 6.90. The molecule has 0 fully saturated rings. The minimum Gasteiger partial charge on any atom is -0.326 e. The highest BCUT2D eigenvalue weighted by Crippen LogP contribution is 2.37. The summed E-state index contributed by atoms with van der Waals surface area (Å²) in [5.41, 5.74) is -0.413. The number of carbonyl (C=O) groups is 2. The Balaban J connectivity index is 1.89. The Bertz CT molecular complexity index is 899. The molecule has 1 unspecified atom stereocenters. The molecule has 0 spiro atoms. The van der Waals surface area contributed by atoms with Gasteiger partial charge in [-0.1, -0.05) is 22.0 Å². The van der Waals surface area contributed by atoms with Crippen LogP contribution in [-0.4, -0.2) is 11.8 Å². The van der Waals surface area contributed by atoms with Crippen molar-refractivity contribution in [3.63, 3.8) is 0 Å². The molecule has 136 valence electrons. The molecule has 1 atom stereocenters. The van der Waals surface area contributed by atoms with Gasteiger partial charge in [0.25, 0.3) is 0 Å². The summed E-state index contributed by atoms with van der Waals surface area (Å²) in [7, 11) is 0. The normalized spacial score (nSPS) is 16.7. The molecule has 0 radical (unpaired) electrons. The zero-order valence-corrected chi connectivity index (χ0v) is 14.5. The van der Waals surface area contributed by atoms with Gasteiger partial charge in [0.05, 0.1) is 11.5 Å². The van der Waals surface area contributed by atoms with Crippen LogP contribution in [-0.2, 0) is 15.8 Å². The minimum absolute atomic E-state index is 0.0554. The molecule has 3 rings (SSSR count). The van der Waals surface area contributed by atoms with Gasteiger partial charge in [-0.05, 0) is 35.9 Å². The number of amides is 2. The van der Waals surface area contributed by atoms with Crippen LogP contribution < -0.4 is 10.6 Å². The molecule has 2 amide bonds. The van der Waals surface area contributed by atoms with Crippen LogP contribution in [0.1, 0.15) is 23.5 Å². The lowest BCUT2D eigenvalue weighted by Gasteiger charge is -2.25. The molecule has 1 heterocycles. The Morgan fingerprint density at radius 2 is 1.92 bits per heavy atom. The van der Waals surface area contributed by atoms with Gasteiger partial charge >= 0.3 is 6.18 Å². The van der Waals surface area contributed by atoms with Crippen LogP contribution in [0.25, 0.3) is 0 Å². The maximum atomic E-state index is 13.3. The third kappa shape index (κ3) is 3.72. The maximum absolute atomic E-state index is 13.3. The molecule has 0 saturated heterocycles. The van der Waals surface area contributed by atoms with Gasteiger partial charge in [-0.15, -0.1) is 0 Å². The number of rotatable bonds is 2. The van der Waals surface area contributed by atoms with E-state index in [4.69, 9.17) is 0 Å². The van der Waals surface area contributed by atoms with E-state index in [2.05, 4.69) is 26.6 Å². The van der Waals surface area contributed by atoms with Gasteiger partial charge in [0.2, 0.25) is 11.8 Å². The third-order valence-electron chi connectivity index (χ3n) is 3.91. The highest BCUT2D eigenvalue weighted by atomic mass is 79.9. The quantitative estimate of drug-likeness (QED) is 0.680. The van der Waals surface area contributed by atoms with Crippen molar-refractivity contribution in [3.05, 3.63) is 57.8 Å². The number of hydrogen-bond donors (Lipinski definition) is 2. The molecule has 2 N–H and O–H groups in total. The summed E-state index contributed by atoms with van der Waals surface area (Å²) >= 11 is 2.82. The fourth-order valence-corrected chi connectivity index (χ4v) is 3.19. The molecule has 2 aromatic rings. The summed E-state index contributed by atoms with van der Waals surface area (Å²) in [5, 5.41) is 4.87. The summed E-state index contributed by atoms with van der Waals surface area (Å²) in [4.78, 5) is 24.3. The molecule has 2 aromatic carbocycles. The zero-order chi connectivity index (χ0) is 19.1. The Kier molecular flexibility index (Phi) is 4.74. The van der Waals surface area contributed by atoms with Gasteiger partial charge < -0.3 is 10.6 Å². The lowest BCUT2D eigenvalue weighted by atomic mass is 9.89. The average Bonchev–Trinajstić information content (AvgIpc) is 2.54. The van der Waals surface area contributed by atoms with E-state index in [1.54, 1.807) is 0 Å². The molecule has 0 aliphatic carbocycles. The van der Waals surface area contributed by atoms with E-state index in [1.165, 1.54) is 18.2 Å². The number of alkyl halides is 3. The Hall–Kier alpha value is -2.42. The SMILES string of the molecule is O=C1CC(C(=O)Nc2ccc(Br)c(C(F)(F)F)c2)c2ccc(F)cc2N1. The molecule has 0 aromatic heterocycles.